The Kier molecular flexibility index (Phi) is 9.56. The van der Waals surface area contributed by atoms with Crippen molar-refractivity contribution in [2.45, 2.75) is 200 Å². The Labute approximate surface area is 443 Å². The standard InChI is InChI=1S/C69H79BN2S/c1-62(2,3)41-23-26-52(43(33-41)40-21-19-18-20-22-40)72-55-35-42(63(4,5)6)34-54-59(55)70(58-44-36-46-49(39-56(44)73-61(58)72)68(15,16)30-27-65(46,9)10)51-25-24-45-57-60(51)71(54)53-38-48-47(66(11,12)28-29-67(48,13)14)37-50(53)69(57,17)32-31-64(45,7)8/h18-26,33-39H,27-32H2,1-17H3. The third kappa shape index (κ3) is 6.53. The van der Waals surface area contributed by atoms with E-state index in [1.807, 2.05) is 11.3 Å². The molecule has 0 spiro atoms. The molecule has 6 aliphatic rings. The first-order valence-corrected chi connectivity index (χ1v) is 28.8. The molecule has 0 radical (unpaired) electrons. The third-order valence-electron chi connectivity index (χ3n) is 20.2. The monoisotopic (exact) mass is 979 g/mol. The fourth-order valence-corrected chi connectivity index (χ4v) is 16.4. The number of fused-ring (bicyclic) bond motifs is 11. The first kappa shape index (κ1) is 47.6. The summed E-state index contributed by atoms with van der Waals surface area (Å²) in [6, 6.07) is 40.1. The molecule has 0 bridgehead atoms. The van der Waals surface area contributed by atoms with Crippen LogP contribution < -0.4 is 26.2 Å². The molecule has 13 rings (SSSR count). The number of thiophene rings is 1. The molecule has 3 aliphatic heterocycles. The summed E-state index contributed by atoms with van der Waals surface area (Å²) in [5, 5.41) is 2.82. The zero-order valence-electron chi connectivity index (χ0n) is 47.4. The van der Waals surface area contributed by atoms with E-state index in [1.165, 1.54) is 125 Å². The molecule has 73 heavy (non-hydrogen) atoms. The van der Waals surface area contributed by atoms with Gasteiger partial charge in [-0.25, -0.2) is 0 Å². The second kappa shape index (κ2) is 14.7. The van der Waals surface area contributed by atoms with Gasteiger partial charge in [0.05, 0.1) is 16.4 Å². The summed E-state index contributed by atoms with van der Waals surface area (Å²) in [5.41, 5.74) is 27.5. The van der Waals surface area contributed by atoms with Crippen LogP contribution in [-0.2, 0) is 43.3 Å². The Balaban J connectivity index is 1.22. The molecule has 2 nitrogen and oxygen atoms in total. The molecular weight excluding hydrogens is 900 g/mol. The van der Waals surface area contributed by atoms with Crippen LogP contribution in [0, 0.1) is 0 Å². The van der Waals surface area contributed by atoms with Gasteiger partial charge < -0.3 is 9.80 Å². The summed E-state index contributed by atoms with van der Waals surface area (Å²) in [4.78, 5) is 5.63. The minimum atomic E-state index is -0.134. The van der Waals surface area contributed by atoms with Crippen LogP contribution in [0.2, 0.25) is 0 Å². The van der Waals surface area contributed by atoms with E-state index >= 15 is 0 Å². The Morgan fingerprint density at radius 3 is 1.62 bits per heavy atom. The van der Waals surface area contributed by atoms with Gasteiger partial charge in [-0.05, 0) is 196 Å². The van der Waals surface area contributed by atoms with Crippen LogP contribution >= 0.6 is 11.3 Å². The van der Waals surface area contributed by atoms with Gasteiger partial charge in [0.1, 0.15) is 0 Å². The Morgan fingerprint density at radius 1 is 0.452 bits per heavy atom. The van der Waals surface area contributed by atoms with Crippen LogP contribution in [0.25, 0.3) is 21.2 Å². The smallest absolute Gasteiger partial charge is 0.254 e. The van der Waals surface area contributed by atoms with Crippen LogP contribution in [0.1, 0.15) is 206 Å². The molecule has 1 atom stereocenters. The fraction of sp³-hybridized carbons (Fsp3) is 0.449. The molecular formula is C69H79BN2S. The SMILES string of the molecule is CC(C)(C)c1ccc(N2c3cc(C(C)(C)C)cc4c3B(c3ccc5c6c3N4c3cc4c(cc3C6(C)CCC5(C)C)C(C)(C)CCC4(C)C)c3c2sc2cc4c(cc32)C(C)(C)CCC4(C)C)c(-c2ccccc2)c1. The molecule has 1 unspecified atom stereocenters. The number of benzene rings is 6. The van der Waals surface area contributed by atoms with Crippen LogP contribution in [-0.4, -0.2) is 6.71 Å². The third-order valence-corrected chi connectivity index (χ3v) is 21.4. The average molecular weight is 979 g/mol. The van der Waals surface area contributed by atoms with Crippen molar-refractivity contribution in [3.05, 3.63) is 147 Å². The van der Waals surface area contributed by atoms with Gasteiger partial charge in [0, 0.05) is 32.7 Å². The van der Waals surface area contributed by atoms with E-state index < -0.39 is 0 Å². The van der Waals surface area contributed by atoms with Crippen LogP contribution in [0.4, 0.5) is 33.4 Å². The van der Waals surface area contributed by atoms with Gasteiger partial charge >= 0.3 is 0 Å². The normalized spacial score (nSPS) is 22.0. The van der Waals surface area contributed by atoms with Crippen molar-refractivity contribution >= 4 is 78.0 Å². The van der Waals surface area contributed by atoms with E-state index in [0.717, 1.165) is 6.42 Å². The number of rotatable bonds is 2. The highest BCUT2D eigenvalue weighted by Crippen LogP contribution is 2.63. The molecule has 0 amide bonds. The molecule has 3 aliphatic carbocycles. The van der Waals surface area contributed by atoms with Gasteiger partial charge in [0.25, 0.3) is 6.71 Å². The fourth-order valence-electron chi connectivity index (χ4n) is 15.1. The van der Waals surface area contributed by atoms with E-state index in [2.05, 4.69) is 225 Å². The number of anilines is 6. The number of nitrogens with zero attached hydrogens (tertiary/aromatic N) is 2. The van der Waals surface area contributed by atoms with Crippen molar-refractivity contribution in [3.63, 3.8) is 0 Å². The van der Waals surface area contributed by atoms with Gasteiger partial charge in [0.15, 0.2) is 0 Å². The minimum Gasteiger partial charge on any atom is -0.311 e. The molecule has 4 heterocycles. The highest BCUT2D eigenvalue weighted by Gasteiger charge is 2.55. The van der Waals surface area contributed by atoms with Crippen LogP contribution in [0.15, 0.2) is 97.1 Å². The van der Waals surface area contributed by atoms with E-state index in [0.29, 0.717) is 0 Å². The minimum absolute atomic E-state index is 0.0155. The van der Waals surface area contributed by atoms with Gasteiger partial charge in [-0.3, -0.25) is 0 Å². The van der Waals surface area contributed by atoms with Gasteiger partial charge in [0.2, 0.25) is 0 Å². The lowest BCUT2D eigenvalue weighted by Crippen LogP contribution is -2.62. The summed E-state index contributed by atoms with van der Waals surface area (Å²) < 4.78 is 1.42. The summed E-state index contributed by atoms with van der Waals surface area (Å²) in [6.45, 7) is 42.2. The Bertz CT molecular complexity index is 3550. The first-order valence-electron chi connectivity index (χ1n) is 28.0. The lowest BCUT2D eigenvalue weighted by molar-refractivity contribution is 0.327. The number of hydrogen-bond donors (Lipinski definition) is 0. The van der Waals surface area contributed by atoms with E-state index in [1.54, 1.807) is 27.8 Å². The molecule has 0 fully saturated rings. The van der Waals surface area contributed by atoms with E-state index in [9.17, 15) is 0 Å². The van der Waals surface area contributed by atoms with Crippen molar-refractivity contribution in [3.8, 4) is 11.1 Å². The Morgan fingerprint density at radius 2 is 1.00 bits per heavy atom. The summed E-state index contributed by atoms with van der Waals surface area (Å²) >= 11 is 2.05. The van der Waals surface area contributed by atoms with Gasteiger partial charge in [-0.1, -0.05) is 172 Å². The van der Waals surface area contributed by atoms with Crippen molar-refractivity contribution < 1.29 is 0 Å². The van der Waals surface area contributed by atoms with Crippen LogP contribution in [0.3, 0.4) is 0 Å². The highest BCUT2D eigenvalue weighted by atomic mass is 32.1. The first-order chi connectivity index (χ1) is 34.0. The highest BCUT2D eigenvalue weighted by molar-refractivity contribution is 7.26. The molecule has 374 valence electrons. The molecule has 0 saturated carbocycles. The summed E-state index contributed by atoms with van der Waals surface area (Å²) in [6.07, 6.45) is 7.11. The predicted molar refractivity (Wildman–Crippen MR) is 318 cm³/mol. The Hall–Kier alpha value is -5.06. The molecule has 6 aromatic carbocycles. The van der Waals surface area contributed by atoms with Crippen molar-refractivity contribution in [1.82, 2.24) is 0 Å². The quantitative estimate of drug-likeness (QED) is 0.159. The second-order valence-corrected chi connectivity index (χ2v) is 30.5. The maximum Gasteiger partial charge on any atom is 0.254 e. The number of hydrogen-bond acceptors (Lipinski definition) is 3. The molecule has 0 N–H and O–H groups in total. The maximum atomic E-state index is 2.86. The van der Waals surface area contributed by atoms with E-state index in [-0.39, 0.29) is 50.0 Å². The van der Waals surface area contributed by atoms with Crippen molar-refractivity contribution in [2.75, 3.05) is 9.80 Å². The zero-order chi connectivity index (χ0) is 51.7. The molecule has 7 aromatic rings. The van der Waals surface area contributed by atoms with Crippen LogP contribution in [0.5, 0.6) is 0 Å². The topological polar surface area (TPSA) is 6.48 Å². The summed E-state index contributed by atoms with van der Waals surface area (Å²) in [5.74, 6) is 0. The second-order valence-electron chi connectivity index (χ2n) is 29.4. The van der Waals surface area contributed by atoms with Crippen molar-refractivity contribution in [2.24, 2.45) is 0 Å². The maximum absolute atomic E-state index is 2.86. The van der Waals surface area contributed by atoms with E-state index in [4.69, 9.17) is 0 Å². The molecule has 0 saturated heterocycles. The lowest BCUT2D eigenvalue weighted by atomic mass is 9.32. The lowest BCUT2D eigenvalue weighted by Gasteiger charge is -2.55. The zero-order valence-corrected chi connectivity index (χ0v) is 48.2. The average Bonchev–Trinajstić information content (AvgIpc) is 3.70. The van der Waals surface area contributed by atoms with Gasteiger partial charge in [-0.2, -0.15) is 0 Å². The summed E-state index contributed by atoms with van der Waals surface area (Å²) in [7, 11) is 0. The molecule has 4 heteroatoms. The van der Waals surface area contributed by atoms with Crippen molar-refractivity contribution in [1.29, 1.82) is 0 Å². The largest absolute Gasteiger partial charge is 0.311 e. The van der Waals surface area contributed by atoms with Gasteiger partial charge in [-0.15, -0.1) is 11.3 Å². The predicted octanol–water partition coefficient (Wildman–Crippen LogP) is 17.6. The molecule has 1 aromatic heterocycles.